The minimum Gasteiger partial charge on any atom is -0.497 e. The van der Waals surface area contributed by atoms with Crippen LogP contribution in [0.5, 0.6) is 11.5 Å². The van der Waals surface area contributed by atoms with Crippen molar-refractivity contribution < 1.29 is 19.1 Å². The zero-order valence-electron chi connectivity index (χ0n) is 14.4. The van der Waals surface area contributed by atoms with E-state index in [-0.39, 0.29) is 6.61 Å². The smallest absolute Gasteiger partial charge is 0.337 e. The molecule has 0 saturated carbocycles. The Bertz CT molecular complexity index is 724. The number of amides is 3. The lowest BCUT2D eigenvalue weighted by Gasteiger charge is -2.11. The fourth-order valence-electron chi connectivity index (χ4n) is 2.19. The number of ether oxygens (including phenoxy) is 2. The molecule has 7 heteroatoms. The van der Waals surface area contributed by atoms with Crippen LogP contribution in [0.4, 0.5) is 10.5 Å². The topological polar surface area (TPSA) is 88.7 Å². The number of nitrogens with one attached hydrogen (secondary N) is 3. The van der Waals surface area contributed by atoms with E-state index >= 15 is 0 Å². The van der Waals surface area contributed by atoms with Crippen LogP contribution in [0.25, 0.3) is 0 Å². The first kappa shape index (κ1) is 18.1. The van der Waals surface area contributed by atoms with Crippen molar-refractivity contribution in [3.63, 3.8) is 0 Å². The lowest BCUT2D eigenvalue weighted by molar-refractivity contribution is -0.123. The lowest BCUT2D eigenvalue weighted by Crippen LogP contribution is -2.45. The third kappa shape index (κ3) is 6.06. The molecule has 0 atom stereocenters. The SMILES string of the molecule is COc1ccc(OCC(=O)NNC(=O)Nc2cc(C)cc(C)c2)cc1. The van der Waals surface area contributed by atoms with Gasteiger partial charge < -0.3 is 14.8 Å². The highest BCUT2D eigenvalue weighted by molar-refractivity contribution is 5.91. The molecule has 0 aromatic heterocycles. The predicted octanol–water partition coefficient (Wildman–Crippen LogP) is 2.54. The van der Waals surface area contributed by atoms with Crippen molar-refractivity contribution in [2.75, 3.05) is 19.0 Å². The van der Waals surface area contributed by atoms with Crippen LogP contribution in [-0.4, -0.2) is 25.7 Å². The number of rotatable bonds is 5. The zero-order valence-corrected chi connectivity index (χ0v) is 14.4. The maximum absolute atomic E-state index is 11.8. The Morgan fingerprint density at radius 3 is 2.12 bits per heavy atom. The fourth-order valence-corrected chi connectivity index (χ4v) is 2.19. The van der Waals surface area contributed by atoms with E-state index in [4.69, 9.17) is 9.47 Å². The second kappa shape index (κ2) is 8.58. The Morgan fingerprint density at radius 2 is 1.52 bits per heavy atom. The van der Waals surface area contributed by atoms with E-state index in [1.165, 1.54) is 0 Å². The number of carbonyl (C=O) groups is 2. The molecule has 25 heavy (non-hydrogen) atoms. The van der Waals surface area contributed by atoms with E-state index in [1.807, 2.05) is 32.0 Å². The van der Waals surface area contributed by atoms with Crippen molar-refractivity contribution in [1.82, 2.24) is 10.9 Å². The van der Waals surface area contributed by atoms with Crippen LogP contribution in [0, 0.1) is 13.8 Å². The highest BCUT2D eigenvalue weighted by Gasteiger charge is 2.06. The molecule has 3 amide bonds. The van der Waals surface area contributed by atoms with Gasteiger partial charge in [0.1, 0.15) is 11.5 Å². The van der Waals surface area contributed by atoms with Gasteiger partial charge in [0.15, 0.2) is 6.61 Å². The molecule has 2 rings (SSSR count). The van der Waals surface area contributed by atoms with Crippen LogP contribution in [0.3, 0.4) is 0 Å². The summed E-state index contributed by atoms with van der Waals surface area (Å²) in [5.74, 6) is 0.739. The molecular weight excluding hydrogens is 322 g/mol. The first-order valence-corrected chi connectivity index (χ1v) is 7.67. The minimum atomic E-state index is -0.539. The van der Waals surface area contributed by atoms with Crippen LogP contribution in [0.2, 0.25) is 0 Å². The third-order valence-corrected chi connectivity index (χ3v) is 3.22. The van der Waals surface area contributed by atoms with Gasteiger partial charge in [0.05, 0.1) is 7.11 Å². The van der Waals surface area contributed by atoms with E-state index in [0.29, 0.717) is 17.2 Å². The summed E-state index contributed by atoms with van der Waals surface area (Å²) < 4.78 is 10.3. The number of aryl methyl sites for hydroxylation is 2. The van der Waals surface area contributed by atoms with Gasteiger partial charge in [0.25, 0.3) is 5.91 Å². The first-order chi connectivity index (χ1) is 12.0. The Balaban J connectivity index is 1.74. The van der Waals surface area contributed by atoms with Gasteiger partial charge in [-0.05, 0) is 61.4 Å². The summed E-state index contributed by atoms with van der Waals surface area (Å²) in [6, 6.07) is 12.0. The molecule has 132 valence electrons. The summed E-state index contributed by atoms with van der Waals surface area (Å²) in [4.78, 5) is 23.5. The van der Waals surface area contributed by atoms with Crippen molar-refractivity contribution in [3.05, 3.63) is 53.6 Å². The molecule has 0 heterocycles. The quantitative estimate of drug-likeness (QED) is 0.728. The average molecular weight is 343 g/mol. The molecule has 3 N–H and O–H groups in total. The second-order valence-electron chi connectivity index (χ2n) is 5.47. The maximum Gasteiger partial charge on any atom is 0.337 e. The van der Waals surface area contributed by atoms with Gasteiger partial charge in [-0.15, -0.1) is 0 Å². The Morgan fingerprint density at radius 1 is 0.920 bits per heavy atom. The van der Waals surface area contributed by atoms with Gasteiger partial charge in [0, 0.05) is 5.69 Å². The van der Waals surface area contributed by atoms with Gasteiger partial charge in [-0.3, -0.25) is 10.2 Å². The number of urea groups is 1. The second-order valence-corrected chi connectivity index (χ2v) is 5.47. The molecule has 0 unspecified atom stereocenters. The van der Waals surface area contributed by atoms with Crippen LogP contribution in [0.1, 0.15) is 11.1 Å². The van der Waals surface area contributed by atoms with Crippen molar-refractivity contribution in [3.8, 4) is 11.5 Å². The van der Waals surface area contributed by atoms with Gasteiger partial charge in [0.2, 0.25) is 0 Å². The number of methoxy groups -OCH3 is 1. The molecular formula is C18H21N3O4. The monoisotopic (exact) mass is 343 g/mol. The van der Waals surface area contributed by atoms with Gasteiger partial charge >= 0.3 is 6.03 Å². The standard InChI is InChI=1S/C18H21N3O4/c1-12-8-13(2)10-14(9-12)19-18(23)21-20-17(22)11-25-16-6-4-15(24-3)5-7-16/h4-10H,11H2,1-3H3,(H,20,22)(H2,19,21,23). The zero-order chi connectivity index (χ0) is 18.2. The fraction of sp³-hybridized carbons (Fsp3) is 0.222. The van der Waals surface area contributed by atoms with Crippen molar-refractivity contribution in [2.45, 2.75) is 13.8 Å². The molecule has 2 aromatic rings. The van der Waals surface area contributed by atoms with E-state index in [9.17, 15) is 9.59 Å². The van der Waals surface area contributed by atoms with E-state index < -0.39 is 11.9 Å². The summed E-state index contributed by atoms with van der Waals surface area (Å²) in [5, 5.41) is 2.65. The third-order valence-electron chi connectivity index (χ3n) is 3.22. The van der Waals surface area contributed by atoms with Crippen molar-refractivity contribution >= 4 is 17.6 Å². The Kier molecular flexibility index (Phi) is 6.22. The first-order valence-electron chi connectivity index (χ1n) is 7.67. The number of hydrogen-bond donors (Lipinski definition) is 3. The summed E-state index contributed by atoms with van der Waals surface area (Å²) in [5.41, 5.74) is 7.27. The maximum atomic E-state index is 11.8. The molecule has 0 spiro atoms. The summed E-state index contributed by atoms with van der Waals surface area (Å²) in [6.07, 6.45) is 0. The molecule has 2 aromatic carbocycles. The number of hydrazine groups is 1. The summed E-state index contributed by atoms with van der Waals surface area (Å²) >= 11 is 0. The van der Waals surface area contributed by atoms with E-state index in [2.05, 4.69) is 16.2 Å². The normalized spacial score (nSPS) is 9.88. The molecule has 0 aliphatic carbocycles. The number of hydrogen-bond acceptors (Lipinski definition) is 4. The molecule has 0 saturated heterocycles. The highest BCUT2D eigenvalue weighted by Crippen LogP contribution is 2.16. The van der Waals surface area contributed by atoms with Gasteiger partial charge in [-0.1, -0.05) is 6.07 Å². The van der Waals surface area contributed by atoms with Gasteiger partial charge in [-0.25, -0.2) is 10.2 Å². The number of benzene rings is 2. The summed E-state index contributed by atoms with van der Waals surface area (Å²) in [7, 11) is 1.57. The van der Waals surface area contributed by atoms with Crippen molar-refractivity contribution in [1.29, 1.82) is 0 Å². The molecule has 0 bridgehead atoms. The highest BCUT2D eigenvalue weighted by atomic mass is 16.5. The molecule has 7 nitrogen and oxygen atoms in total. The van der Waals surface area contributed by atoms with Crippen LogP contribution < -0.4 is 25.6 Å². The van der Waals surface area contributed by atoms with E-state index in [0.717, 1.165) is 11.1 Å². The summed E-state index contributed by atoms with van der Waals surface area (Å²) in [6.45, 7) is 3.65. The molecule has 0 aliphatic rings. The molecule has 0 radical (unpaired) electrons. The Labute approximate surface area is 146 Å². The van der Waals surface area contributed by atoms with Crippen LogP contribution in [-0.2, 0) is 4.79 Å². The molecule has 0 fully saturated rings. The predicted molar refractivity (Wildman–Crippen MR) is 94.7 cm³/mol. The minimum absolute atomic E-state index is 0.226. The van der Waals surface area contributed by atoms with Crippen molar-refractivity contribution in [2.24, 2.45) is 0 Å². The largest absolute Gasteiger partial charge is 0.497 e. The lowest BCUT2D eigenvalue weighted by atomic mass is 10.1. The van der Waals surface area contributed by atoms with Gasteiger partial charge in [-0.2, -0.15) is 0 Å². The average Bonchev–Trinajstić information content (AvgIpc) is 2.57. The molecule has 0 aliphatic heterocycles. The number of carbonyl (C=O) groups excluding carboxylic acids is 2. The number of anilines is 1. The van der Waals surface area contributed by atoms with Crippen LogP contribution >= 0.6 is 0 Å². The van der Waals surface area contributed by atoms with Crippen LogP contribution in [0.15, 0.2) is 42.5 Å². The van der Waals surface area contributed by atoms with E-state index in [1.54, 1.807) is 31.4 Å². The Hall–Kier alpha value is -3.22.